The maximum Gasteiger partial charge on any atom is 0.141 e. The van der Waals surface area contributed by atoms with E-state index in [2.05, 4.69) is 16.8 Å². The summed E-state index contributed by atoms with van der Waals surface area (Å²) in [5.41, 5.74) is 8.32. The van der Waals surface area contributed by atoms with Crippen molar-refractivity contribution < 1.29 is 4.39 Å². The number of hydrogen-bond donors (Lipinski definition) is 1. The van der Waals surface area contributed by atoms with E-state index >= 15 is 0 Å². The monoisotopic (exact) mass is 245 g/mol. The minimum Gasteiger partial charge on any atom is -0.399 e. The lowest BCUT2D eigenvalue weighted by Crippen LogP contribution is -2.22. The Labute approximate surface area is 106 Å². The molecule has 0 amide bonds. The van der Waals surface area contributed by atoms with Crippen LogP contribution in [0.15, 0.2) is 42.7 Å². The van der Waals surface area contributed by atoms with Crippen molar-refractivity contribution in [3.8, 4) is 0 Å². The second kappa shape index (κ2) is 5.49. The number of nitrogens with zero attached hydrogens (tertiary/aromatic N) is 2. The molecule has 1 aromatic carbocycles. The molecule has 2 N–H and O–H groups in total. The first-order chi connectivity index (χ1) is 8.69. The van der Waals surface area contributed by atoms with E-state index in [1.165, 1.54) is 12.3 Å². The molecule has 2 rings (SSSR count). The molecule has 94 valence electrons. The molecule has 4 heteroatoms. The Hall–Kier alpha value is -2.10. The van der Waals surface area contributed by atoms with Crippen LogP contribution in [-0.2, 0) is 6.54 Å². The van der Waals surface area contributed by atoms with Crippen LogP contribution in [0.3, 0.4) is 0 Å². The van der Waals surface area contributed by atoms with Crippen molar-refractivity contribution in [3.63, 3.8) is 0 Å². The number of benzene rings is 1. The fourth-order valence-corrected chi connectivity index (χ4v) is 1.83. The first-order valence-corrected chi connectivity index (χ1v) is 5.89. The van der Waals surface area contributed by atoms with E-state index < -0.39 is 0 Å². The van der Waals surface area contributed by atoms with Crippen LogP contribution in [0.1, 0.15) is 12.5 Å². The van der Waals surface area contributed by atoms with E-state index in [0.29, 0.717) is 6.54 Å². The van der Waals surface area contributed by atoms with Gasteiger partial charge in [0, 0.05) is 30.7 Å². The predicted molar refractivity (Wildman–Crippen MR) is 71.8 cm³/mol. The maximum absolute atomic E-state index is 13.1. The highest BCUT2D eigenvalue weighted by Crippen LogP contribution is 2.18. The molecular weight excluding hydrogens is 229 g/mol. The van der Waals surface area contributed by atoms with Crippen LogP contribution in [0.25, 0.3) is 0 Å². The van der Waals surface area contributed by atoms with Gasteiger partial charge in [-0.05, 0) is 42.8 Å². The average Bonchev–Trinajstić information content (AvgIpc) is 2.37. The molecule has 1 aromatic heterocycles. The lowest BCUT2D eigenvalue weighted by atomic mass is 10.2. The molecule has 1 heterocycles. The molecule has 0 saturated carbocycles. The first-order valence-electron chi connectivity index (χ1n) is 5.89. The van der Waals surface area contributed by atoms with Crippen LogP contribution in [0.2, 0.25) is 0 Å². The third-order valence-corrected chi connectivity index (χ3v) is 2.77. The predicted octanol–water partition coefficient (Wildman–Crippen LogP) is 2.83. The summed E-state index contributed by atoms with van der Waals surface area (Å²) < 4.78 is 13.1. The summed E-state index contributed by atoms with van der Waals surface area (Å²) in [4.78, 5) is 5.99. The van der Waals surface area contributed by atoms with E-state index in [9.17, 15) is 4.39 Å². The van der Waals surface area contributed by atoms with Gasteiger partial charge in [0.15, 0.2) is 0 Å². The van der Waals surface area contributed by atoms with Crippen molar-refractivity contribution in [2.75, 3.05) is 17.2 Å². The van der Waals surface area contributed by atoms with Crippen LogP contribution < -0.4 is 10.6 Å². The molecule has 0 atom stereocenters. The van der Waals surface area contributed by atoms with Crippen molar-refractivity contribution in [1.29, 1.82) is 0 Å². The Balaban J connectivity index is 2.17. The van der Waals surface area contributed by atoms with Gasteiger partial charge in [-0.3, -0.25) is 4.98 Å². The van der Waals surface area contributed by atoms with Gasteiger partial charge in [0.1, 0.15) is 5.82 Å². The molecule has 0 aliphatic rings. The molecule has 0 aliphatic carbocycles. The third kappa shape index (κ3) is 2.97. The van der Waals surface area contributed by atoms with E-state index in [0.717, 1.165) is 23.5 Å². The first kappa shape index (κ1) is 12.4. The summed E-state index contributed by atoms with van der Waals surface area (Å²) in [5, 5.41) is 0. The normalized spacial score (nSPS) is 10.3. The van der Waals surface area contributed by atoms with Crippen LogP contribution in [-0.4, -0.2) is 11.5 Å². The minimum absolute atomic E-state index is 0.305. The molecule has 0 saturated heterocycles. The standard InChI is InChI=1S/C14H16FN3/c1-2-18(14-5-3-13(16)4-6-14)10-11-7-12(15)9-17-8-11/h3-9H,2,10,16H2,1H3. The zero-order valence-electron chi connectivity index (χ0n) is 10.3. The molecule has 0 aliphatic heterocycles. The maximum atomic E-state index is 13.1. The number of hydrogen-bond acceptors (Lipinski definition) is 3. The van der Waals surface area contributed by atoms with Crippen LogP contribution in [0.4, 0.5) is 15.8 Å². The number of aromatic nitrogens is 1. The summed E-state index contributed by atoms with van der Waals surface area (Å²) in [6.45, 7) is 3.52. The Kier molecular flexibility index (Phi) is 3.77. The van der Waals surface area contributed by atoms with Crippen molar-refractivity contribution in [2.45, 2.75) is 13.5 Å². The largest absolute Gasteiger partial charge is 0.399 e. The van der Waals surface area contributed by atoms with E-state index in [-0.39, 0.29) is 5.82 Å². The molecule has 0 spiro atoms. The summed E-state index contributed by atoms with van der Waals surface area (Å²) in [6.07, 6.45) is 2.89. The van der Waals surface area contributed by atoms with Crippen molar-refractivity contribution in [3.05, 3.63) is 54.1 Å². The van der Waals surface area contributed by atoms with E-state index in [4.69, 9.17) is 5.73 Å². The molecule has 3 nitrogen and oxygen atoms in total. The summed E-state index contributed by atoms with van der Waals surface area (Å²) in [5.74, 6) is -0.305. The van der Waals surface area contributed by atoms with Gasteiger partial charge in [-0.15, -0.1) is 0 Å². The second-order valence-corrected chi connectivity index (χ2v) is 4.12. The third-order valence-electron chi connectivity index (χ3n) is 2.77. The second-order valence-electron chi connectivity index (χ2n) is 4.12. The van der Waals surface area contributed by atoms with Gasteiger partial charge in [0.25, 0.3) is 0 Å². The Morgan fingerprint density at radius 2 is 1.94 bits per heavy atom. The van der Waals surface area contributed by atoms with Crippen LogP contribution in [0, 0.1) is 5.82 Å². The summed E-state index contributed by atoms with van der Waals surface area (Å²) >= 11 is 0. The zero-order chi connectivity index (χ0) is 13.0. The molecule has 0 fully saturated rings. The number of nitrogens with two attached hydrogens (primary N) is 1. The van der Waals surface area contributed by atoms with Gasteiger partial charge in [0.2, 0.25) is 0 Å². The van der Waals surface area contributed by atoms with Crippen molar-refractivity contribution >= 4 is 11.4 Å². The van der Waals surface area contributed by atoms with Gasteiger partial charge < -0.3 is 10.6 Å². The van der Waals surface area contributed by atoms with E-state index in [1.54, 1.807) is 6.20 Å². The van der Waals surface area contributed by atoms with Crippen molar-refractivity contribution in [1.82, 2.24) is 4.98 Å². The highest BCUT2D eigenvalue weighted by molar-refractivity contribution is 5.53. The number of halogens is 1. The Bertz CT molecular complexity index is 511. The number of nitrogen functional groups attached to an aromatic ring is 1. The smallest absolute Gasteiger partial charge is 0.141 e. The van der Waals surface area contributed by atoms with Gasteiger partial charge >= 0.3 is 0 Å². The fourth-order valence-electron chi connectivity index (χ4n) is 1.83. The number of pyridine rings is 1. The number of anilines is 2. The Morgan fingerprint density at radius 1 is 1.22 bits per heavy atom. The topological polar surface area (TPSA) is 42.2 Å². The number of rotatable bonds is 4. The Morgan fingerprint density at radius 3 is 2.56 bits per heavy atom. The van der Waals surface area contributed by atoms with Gasteiger partial charge in [-0.1, -0.05) is 0 Å². The highest BCUT2D eigenvalue weighted by atomic mass is 19.1. The molecule has 0 radical (unpaired) electrons. The van der Waals surface area contributed by atoms with Crippen molar-refractivity contribution in [2.24, 2.45) is 0 Å². The van der Waals surface area contributed by atoms with Gasteiger partial charge in [-0.2, -0.15) is 0 Å². The quantitative estimate of drug-likeness (QED) is 0.842. The molecular formula is C14H16FN3. The lowest BCUT2D eigenvalue weighted by Gasteiger charge is -2.23. The van der Waals surface area contributed by atoms with Crippen LogP contribution >= 0.6 is 0 Å². The summed E-state index contributed by atoms with van der Waals surface area (Å²) in [6, 6.07) is 9.16. The SMILES string of the molecule is CCN(Cc1cncc(F)c1)c1ccc(N)cc1. The minimum atomic E-state index is -0.305. The average molecular weight is 245 g/mol. The zero-order valence-corrected chi connectivity index (χ0v) is 10.3. The molecule has 2 aromatic rings. The van der Waals surface area contributed by atoms with Gasteiger partial charge in [-0.25, -0.2) is 4.39 Å². The summed E-state index contributed by atoms with van der Waals surface area (Å²) in [7, 11) is 0. The molecule has 0 bridgehead atoms. The molecule has 0 unspecified atom stereocenters. The lowest BCUT2D eigenvalue weighted by molar-refractivity contribution is 0.617. The highest BCUT2D eigenvalue weighted by Gasteiger charge is 2.06. The van der Waals surface area contributed by atoms with Crippen LogP contribution in [0.5, 0.6) is 0 Å². The molecule has 18 heavy (non-hydrogen) atoms. The van der Waals surface area contributed by atoms with Gasteiger partial charge in [0.05, 0.1) is 6.20 Å². The fraction of sp³-hybridized carbons (Fsp3) is 0.214. The van der Waals surface area contributed by atoms with E-state index in [1.807, 2.05) is 24.3 Å².